The van der Waals surface area contributed by atoms with Crippen LogP contribution >= 0.6 is 11.6 Å². The number of hydrogen-bond acceptors (Lipinski definition) is 6. The highest BCUT2D eigenvalue weighted by molar-refractivity contribution is 6.32. The Hall–Kier alpha value is -3.26. The number of halogens is 1. The summed E-state index contributed by atoms with van der Waals surface area (Å²) in [7, 11) is 0. The molecule has 8 nitrogen and oxygen atoms in total. The van der Waals surface area contributed by atoms with E-state index in [0.29, 0.717) is 0 Å². The Kier molecular flexibility index (Phi) is 6.47. The molecule has 1 aliphatic rings. The summed E-state index contributed by atoms with van der Waals surface area (Å²) in [6.45, 7) is 3.12. The molecule has 2 heterocycles. The third kappa shape index (κ3) is 4.49. The van der Waals surface area contributed by atoms with Gasteiger partial charge >= 0.3 is 5.97 Å². The molecule has 3 rings (SSSR count). The van der Waals surface area contributed by atoms with Crippen molar-refractivity contribution in [2.75, 3.05) is 11.9 Å². The molecule has 1 aromatic heterocycles. The van der Waals surface area contributed by atoms with Crippen LogP contribution in [0.3, 0.4) is 0 Å². The molecule has 0 spiro atoms. The third-order valence-electron chi connectivity index (χ3n) is 4.48. The topological polar surface area (TPSA) is 106 Å². The molecule has 0 fully saturated rings. The quantitative estimate of drug-likeness (QED) is 0.412. The number of rotatable bonds is 7. The predicted molar refractivity (Wildman–Crippen MR) is 109 cm³/mol. The van der Waals surface area contributed by atoms with Gasteiger partial charge in [-0.15, -0.1) is 0 Å². The fourth-order valence-corrected chi connectivity index (χ4v) is 3.31. The van der Waals surface area contributed by atoms with Crippen LogP contribution in [-0.4, -0.2) is 46.2 Å². The molecule has 0 bridgehead atoms. The lowest BCUT2D eigenvalue weighted by molar-refractivity contribution is -0.151. The Morgan fingerprint density at radius 2 is 1.73 bits per heavy atom. The standard InChI is InChI=1S/C21H20ClN3O5/c1-12(2)10-16(25-19(27)13-6-3-4-7-14(13)20(25)28)21(29)30-11-17(26)24-15-8-5-9-23-18(15)22/h3-9,12,16H,10-11H2,1-2H3,(H,24,26). The van der Waals surface area contributed by atoms with Gasteiger partial charge in [0.05, 0.1) is 16.8 Å². The first-order valence-corrected chi connectivity index (χ1v) is 9.71. The van der Waals surface area contributed by atoms with Gasteiger partial charge in [-0.2, -0.15) is 0 Å². The number of pyridine rings is 1. The van der Waals surface area contributed by atoms with E-state index < -0.39 is 36.3 Å². The van der Waals surface area contributed by atoms with Gasteiger partial charge in [-0.05, 0) is 36.6 Å². The van der Waals surface area contributed by atoms with Crippen molar-refractivity contribution in [1.82, 2.24) is 9.88 Å². The number of anilines is 1. The Bertz CT molecular complexity index is 973. The van der Waals surface area contributed by atoms with Crippen LogP contribution in [0.1, 0.15) is 41.0 Å². The summed E-state index contributed by atoms with van der Waals surface area (Å²) in [4.78, 5) is 55.1. The van der Waals surface area contributed by atoms with E-state index in [-0.39, 0.29) is 34.3 Å². The highest BCUT2D eigenvalue weighted by Gasteiger charge is 2.43. The van der Waals surface area contributed by atoms with E-state index in [9.17, 15) is 19.2 Å². The molecule has 0 saturated heterocycles. The number of nitrogens with one attached hydrogen (secondary N) is 1. The molecule has 1 N–H and O–H groups in total. The molecule has 2 aromatic rings. The fourth-order valence-electron chi connectivity index (χ4n) is 3.14. The van der Waals surface area contributed by atoms with E-state index in [4.69, 9.17) is 16.3 Å². The number of carbonyl (C=O) groups is 4. The zero-order chi connectivity index (χ0) is 21.8. The average Bonchev–Trinajstić information content (AvgIpc) is 2.97. The summed E-state index contributed by atoms with van der Waals surface area (Å²) < 4.78 is 5.13. The first kappa shape index (κ1) is 21.4. The first-order chi connectivity index (χ1) is 14.3. The van der Waals surface area contributed by atoms with Crippen molar-refractivity contribution >= 4 is 41.0 Å². The molecule has 0 saturated carbocycles. The molecular formula is C21H20ClN3O5. The Morgan fingerprint density at radius 1 is 1.10 bits per heavy atom. The van der Waals surface area contributed by atoms with Crippen molar-refractivity contribution in [2.45, 2.75) is 26.3 Å². The normalized spacial score (nSPS) is 13.9. The largest absolute Gasteiger partial charge is 0.454 e. The van der Waals surface area contributed by atoms with E-state index >= 15 is 0 Å². The van der Waals surface area contributed by atoms with Gasteiger partial charge in [-0.1, -0.05) is 37.6 Å². The van der Waals surface area contributed by atoms with E-state index in [1.807, 2.05) is 13.8 Å². The van der Waals surface area contributed by atoms with Crippen molar-refractivity contribution in [3.05, 3.63) is 58.9 Å². The van der Waals surface area contributed by atoms with E-state index in [1.54, 1.807) is 36.4 Å². The third-order valence-corrected chi connectivity index (χ3v) is 4.78. The predicted octanol–water partition coefficient (Wildman–Crippen LogP) is 2.93. The van der Waals surface area contributed by atoms with E-state index in [0.717, 1.165) is 4.90 Å². The van der Waals surface area contributed by atoms with Gasteiger partial charge in [0.2, 0.25) is 0 Å². The molecule has 30 heavy (non-hydrogen) atoms. The fraction of sp³-hybridized carbons (Fsp3) is 0.286. The van der Waals surface area contributed by atoms with Crippen LogP contribution in [0.15, 0.2) is 42.6 Å². The number of carbonyl (C=O) groups excluding carboxylic acids is 4. The number of esters is 1. The number of benzene rings is 1. The minimum atomic E-state index is -1.13. The Balaban J connectivity index is 1.71. The van der Waals surface area contributed by atoms with Gasteiger partial charge in [0.25, 0.3) is 17.7 Å². The average molecular weight is 430 g/mol. The lowest BCUT2D eigenvalue weighted by Crippen LogP contribution is -2.46. The van der Waals surface area contributed by atoms with Gasteiger partial charge in [0.15, 0.2) is 11.8 Å². The molecule has 1 unspecified atom stereocenters. The highest BCUT2D eigenvalue weighted by Crippen LogP contribution is 2.27. The second-order valence-corrected chi connectivity index (χ2v) is 7.53. The zero-order valence-corrected chi connectivity index (χ0v) is 17.2. The zero-order valence-electron chi connectivity index (χ0n) is 16.4. The first-order valence-electron chi connectivity index (χ1n) is 9.33. The molecule has 156 valence electrons. The Morgan fingerprint density at radius 3 is 2.30 bits per heavy atom. The van der Waals surface area contributed by atoms with Gasteiger partial charge in [-0.3, -0.25) is 19.3 Å². The van der Waals surface area contributed by atoms with Gasteiger partial charge < -0.3 is 10.1 Å². The molecular weight excluding hydrogens is 410 g/mol. The smallest absolute Gasteiger partial charge is 0.329 e. The molecule has 1 aliphatic heterocycles. The van der Waals surface area contributed by atoms with Crippen molar-refractivity contribution < 1.29 is 23.9 Å². The second kappa shape index (κ2) is 9.04. The highest BCUT2D eigenvalue weighted by atomic mass is 35.5. The number of aromatic nitrogens is 1. The summed E-state index contributed by atoms with van der Waals surface area (Å²) in [5.74, 6) is -2.56. The Labute approximate surface area is 178 Å². The van der Waals surface area contributed by atoms with Crippen molar-refractivity contribution in [1.29, 1.82) is 0 Å². The number of imide groups is 1. The molecule has 0 radical (unpaired) electrons. The number of nitrogens with zero attached hydrogens (tertiary/aromatic N) is 2. The molecule has 9 heteroatoms. The molecule has 3 amide bonds. The monoisotopic (exact) mass is 429 g/mol. The van der Waals surface area contributed by atoms with E-state index in [1.165, 1.54) is 6.20 Å². The van der Waals surface area contributed by atoms with Crippen molar-refractivity contribution in [2.24, 2.45) is 5.92 Å². The van der Waals surface area contributed by atoms with Gasteiger partial charge in [0, 0.05) is 6.20 Å². The van der Waals surface area contributed by atoms with Crippen LogP contribution in [-0.2, 0) is 14.3 Å². The SMILES string of the molecule is CC(C)CC(C(=O)OCC(=O)Nc1cccnc1Cl)N1C(=O)c2ccccc2C1=O. The van der Waals surface area contributed by atoms with Crippen LogP contribution in [0, 0.1) is 5.92 Å². The molecule has 1 aromatic carbocycles. The maximum absolute atomic E-state index is 12.7. The number of hydrogen-bond donors (Lipinski definition) is 1. The lowest BCUT2D eigenvalue weighted by Gasteiger charge is -2.25. The van der Waals surface area contributed by atoms with Crippen LogP contribution < -0.4 is 5.32 Å². The van der Waals surface area contributed by atoms with Gasteiger partial charge in [0.1, 0.15) is 6.04 Å². The summed E-state index contributed by atoms with van der Waals surface area (Å²) in [6, 6.07) is 8.39. The molecule has 1 atom stereocenters. The van der Waals surface area contributed by atoms with Gasteiger partial charge in [-0.25, -0.2) is 9.78 Å². The summed E-state index contributed by atoms with van der Waals surface area (Å²) in [5, 5.41) is 2.59. The summed E-state index contributed by atoms with van der Waals surface area (Å²) in [5.41, 5.74) is 0.764. The van der Waals surface area contributed by atoms with Crippen molar-refractivity contribution in [3.8, 4) is 0 Å². The maximum Gasteiger partial charge on any atom is 0.329 e. The van der Waals surface area contributed by atoms with Crippen LogP contribution in [0.5, 0.6) is 0 Å². The van der Waals surface area contributed by atoms with E-state index in [2.05, 4.69) is 10.3 Å². The number of amides is 3. The minimum Gasteiger partial charge on any atom is -0.454 e. The van der Waals surface area contributed by atoms with Crippen molar-refractivity contribution in [3.63, 3.8) is 0 Å². The van der Waals surface area contributed by atoms with Crippen LogP contribution in [0.25, 0.3) is 0 Å². The molecule has 0 aliphatic carbocycles. The summed E-state index contributed by atoms with van der Waals surface area (Å²) >= 11 is 5.89. The number of ether oxygens (including phenoxy) is 1. The maximum atomic E-state index is 12.7. The summed E-state index contributed by atoms with van der Waals surface area (Å²) in [6.07, 6.45) is 1.68. The van der Waals surface area contributed by atoms with Crippen LogP contribution in [0.4, 0.5) is 5.69 Å². The lowest BCUT2D eigenvalue weighted by atomic mass is 10.0. The second-order valence-electron chi connectivity index (χ2n) is 7.17. The minimum absolute atomic E-state index is 0.00473. The number of fused-ring (bicyclic) bond motifs is 1. The van der Waals surface area contributed by atoms with Crippen LogP contribution in [0.2, 0.25) is 5.15 Å².